The molecule has 0 aliphatic rings. The highest BCUT2D eigenvalue weighted by molar-refractivity contribution is 5.97. The summed E-state index contributed by atoms with van der Waals surface area (Å²) >= 11 is 0. The lowest BCUT2D eigenvalue weighted by Gasteiger charge is -2.08. The van der Waals surface area contributed by atoms with Gasteiger partial charge in [-0.1, -0.05) is 50.2 Å². The van der Waals surface area contributed by atoms with Gasteiger partial charge in [0.05, 0.1) is 18.7 Å². The Hall–Kier alpha value is -3.28. The molecule has 0 fully saturated rings. The fourth-order valence-corrected chi connectivity index (χ4v) is 3.66. The second-order valence-corrected chi connectivity index (χ2v) is 7.23. The van der Waals surface area contributed by atoms with E-state index in [0.717, 1.165) is 22.5 Å². The third-order valence-electron chi connectivity index (χ3n) is 5.11. The van der Waals surface area contributed by atoms with Gasteiger partial charge >= 0.3 is 5.97 Å². The van der Waals surface area contributed by atoms with Gasteiger partial charge in [-0.25, -0.2) is 4.39 Å². The number of hydrogen-bond acceptors (Lipinski definition) is 3. The van der Waals surface area contributed by atoms with Crippen LogP contribution in [0.5, 0.6) is 0 Å². The van der Waals surface area contributed by atoms with Crippen molar-refractivity contribution in [1.82, 2.24) is 9.78 Å². The Labute approximate surface area is 175 Å². The molecule has 0 aliphatic carbocycles. The molecular weight excluding hydrogens is 383 g/mol. The van der Waals surface area contributed by atoms with Crippen LogP contribution in [0.25, 0.3) is 0 Å². The third-order valence-corrected chi connectivity index (χ3v) is 5.11. The fraction of sp³-hybridized carbons (Fsp3) is 0.292. The van der Waals surface area contributed by atoms with Crippen molar-refractivity contribution in [3.05, 3.63) is 88.0 Å². The van der Waals surface area contributed by atoms with Crippen LogP contribution < -0.4 is 0 Å². The average molecular weight is 408 g/mol. The molecule has 1 N–H and O–H groups in total. The molecule has 0 saturated carbocycles. The number of aryl methyl sites for hydroxylation is 1. The van der Waals surface area contributed by atoms with Crippen molar-refractivity contribution in [1.29, 1.82) is 0 Å². The molecule has 0 unspecified atom stereocenters. The molecule has 0 radical (unpaired) electrons. The summed E-state index contributed by atoms with van der Waals surface area (Å²) in [7, 11) is 0. The number of aromatic nitrogens is 2. The molecule has 156 valence electrons. The number of ketones is 1. The van der Waals surface area contributed by atoms with Crippen molar-refractivity contribution < 1.29 is 19.1 Å². The van der Waals surface area contributed by atoms with Gasteiger partial charge in [0.25, 0.3) is 0 Å². The predicted octanol–water partition coefficient (Wildman–Crippen LogP) is 4.25. The smallest absolute Gasteiger partial charge is 0.307 e. The maximum atomic E-state index is 13.3. The van der Waals surface area contributed by atoms with Gasteiger partial charge in [0.15, 0.2) is 5.78 Å². The quantitative estimate of drug-likeness (QED) is 0.538. The van der Waals surface area contributed by atoms with Crippen LogP contribution in [-0.4, -0.2) is 26.6 Å². The number of benzene rings is 2. The van der Waals surface area contributed by atoms with Gasteiger partial charge in [-0.3, -0.25) is 14.3 Å². The van der Waals surface area contributed by atoms with Crippen LogP contribution in [0.4, 0.5) is 4.39 Å². The lowest BCUT2D eigenvalue weighted by molar-refractivity contribution is -0.136. The van der Waals surface area contributed by atoms with Crippen molar-refractivity contribution in [2.45, 2.75) is 46.1 Å². The summed E-state index contributed by atoms with van der Waals surface area (Å²) in [5.41, 5.74) is 4.73. The zero-order chi connectivity index (χ0) is 21.7. The molecule has 1 heterocycles. The molecule has 1 aromatic heterocycles. The number of carboxylic acid groups (broad SMARTS) is 1. The standard InChI is InChI=1S/C24H25FN2O3/c1-3-21-20(14-24(29)30)22(4-2)27(26-21)15-16-8-10-18(11-9-16)23(28)13-17-6-5-7-19(25)12-17/h5-12H,3-4,13-15H2,1-2H3,(H,29,30). The summed E-state index contributed by atoms with van der Waals surface area (Å²) in [6.45, 7) is 4.47. The molecule has 2 aromatic carbocycles. The molecule has 3 aromatic rings. The van der Waals surface area contributed by atoms with Gasteiger partial charge < -0.3 is 5.11 Å². The van der Waals surface area contributed by atoms with Gasteiger partial charge in [-0.2, -0.15) is 5.10 Å². The molecule has 5 nitrogen and oxygen atoms in total. The number of carbonyl (C=O) groups excluding carboxylic acids is 1. The van der Waals surface area contributed by atoms with E-state index in [-0.39, 0.29) is 24.4 Å². The number of carbonyl (C=O) groups is 2. The van der Waals surface area contributed by atoms with E-state index in [2.05, 4.69) is 5.10 Å². The van der Waals surface area contributed by atoms with Crippen LogP contribution in [0.3, 0.4) is 0 Å². The highest BCUT2D eigenvalue weighted by Gasteiger charge is 2.18. The minimum Gasteiger partial charge on any atom is -0.481 e. The largest absolute Gasteiger partial charge is 0.481 e. The Morgan fingerprint density at radius 3 is 2.33 bits per heavy atom. The Morgan fingerprint density at radius 1 is 1.00 bits per heavy atom. The zero-order valence-electron chi connectivity index (χ0n) is 17.2. The van der Waals surface area contributed by atoms with Crippen LogP contribution in [0.2, 0.25) is 0 Å². The Balaban J connectivity index is 1.76. The predicted molar refractivity (Wildman–Crippen MR) is 112 cm³/mol. The number of hydrogen-bond donors (Lipinski definition) is 1. The van der Waals surface area contributed by atoms with Crippen LogP contribution >= 0.6 is 0 Å². The van der Waals surface area contributed by atoms with Gasteiger partial charge in [0, 0.05) is 23.2 Å². The number of carboxylic acids is 1. The zero-order valence-corrected chi connectivity index (χ0v) is 17.2. The number of aliphatic carboxylic acids is 1. The molecule has 30 heavy (non-hydrogen) atoms. The van der Waals surface area contributed by atoms with E-state index in [0.29, 0.717) is 30.5 Å². The maximum Gasteiger partial charge on any atom is 0.307 e. The molecule has 0 bridgehead atoms. The van der Waals surface area contributed by atoms with Crippen molar-refractivity contribution in [3.63, 3.8) is 0 Å². The number of nitrogens with zero attached hydrogens (tertiary/aromatic N) is 2. The minimum absolute atomic E-state index is 0.0279. The van der Waals surface area contributed by atoms with Crippen molar-refractivity contribution in [2.75, 3.05) is 0 Å². The number of rotatable bonds is 9. The summed E-state index contributed by atoms with van der Waals surface area (Å²) in [5.74, 6) is -1.28. The molecule has 0 aliphatic heterocycles. The monoisotopic (exact) mass is 408 g/mol. The maximum absolute atomic E-state index is 13.3. The van der Waals surface area contributed by atoms with Crippen molar-refractivity contribution in [2.24, 2.45) is 0 Å². The Kier molecular flexibility index (Phi) is 6.77. The van der Waals surface area contributed by atoms with E-state index in [9.17, 15) is 19.1 Å². The van der Waals surface area contributed by atoms with Crippen LogP contribution in [0.15, 0.2) is 48.5 Å². The Bertz CT molecular complexity index is 1050. The highest BCUT2D eigenvalue weighted by Crippen LogP contribution is 2.19. The SMILES string of the molecule is CCc1nn(Cc2ccc(C(=O)Cc3cccc(F)c3)cc2)c(CC)c1CC(=O)O. The first kappa shape index (κ1) is 21.4. The van der Waals surface area contributed by atoms with E-state index in [1.165, 1.54) is 12.1 Å². The summed E-state index contributed by atoms with van der Waals surface area (Å²) in [6.07, 6.45) is 1.49. The first-order valence-corrected chi connectivity index (χ1v) is 10.1. The number of halogens is 1. The molecule has 0 atom stereocenters. The normalized spacial score (nSPS) is 10.9. The van der Waals surface area contributed by atoms with Gasteiger partial charge in [0.1, 0.15) is 5.82 Å². The molecule has 0 amide bonds. The van der Waals surface area contributed by atoms with Gasteiger partial charge in [-0.05, 0) is 36.1 Å². The topological polar surface area (TPSA) is 72.2 Å². The Morgan fingerprint density at radius 2 is 1.73 bits per heavy atom. The van der Waals surface area contributed by atoms with Crippen molar-refractivity contribution >= 4 is 11.8 Å². The average Bonchev–Trinajstić information content (AvgIpc) is 3.03. The van der Waals surface area contributed by atoms with Gasteiger partial charge in [-0.15, -0.1) is 0 Å². The highest BCUT2D eigenvalue weighted by atomic mass is 19.1. The second-order valence-electron chi connectivity index (χ2n) is 7.23. The molecular formula is C24H25FN2O3. The first-order valence-electron chi connectivity index (χ1n) is 10.1. The van der Waals surface area contributed by atoms with Crippen LogP contribution in [0.1, 0.15) is 52.3 Å². The molecule has 6 heteroatoms. The van der Waals surface area contributed by atoms with E-state index in [1.807, 2.05) is 30.7 Å². The van der Waals surface area contributed by atoms with E-state index in [4.69, 9.17) is 0 Å². The third kappa shape index (κ3) is 5.00. The van der Waals surface area contributed by atoms with E-state index < -0.39 is 5.97 Å². The first-order chi connectivity index (χ1) is 14.4. The van der Waals surface area contributed by atoms with Gasteiger partial charge in [0.2, 0.25) is 0 Å². The van der Waals surface area contributed by atoms with Crippen molar-refractivity contribution in [3.8, 4) is 0 Å². The molecule has 0 saturated heterocycles. The lowest BCUT2D eigenvalue weighted by atomic mass is 10.0. The molecule has 3 rings (SSSR count). The van der Waals surface area contributed by atoms with E-state index >= 15 is 0 Å². The summed E-state index contributed by atoms with van der Waals surface area (Å²) < 4.78 is 15.2. The summed E-state index contributed by atoms with van der Waals surface area (Å²) in [6, 6.07) is 13.4. The van der Waals surface area contributed by atoms with E-state index in [1.54, 1.807) is 24.3 Å². The minimum atomic E-state index is -0.861. The number of Topliss-reactive ketones (excluding diaryl/α,β-unsaturated/α-hetero) is 1. The fourth-order valence-electron chi connectivity index (χ4n) is 3.66. The van der Waals surface area contributed by atoms with Crippen LogP contribution in [-0.2, 0) is 37.0 Å². The lowest BCUT2D eigenvalue weighted by Crippen LogP contribution is -2.09. The summed E-state index contributed by atoms with van der Waals surface area (Å²) in [4.78, 5) is 23.7. The van der Waals surface area contributed by atoms with Crippen LogP contribution in [0, 0.1) is 5.82 Å². The summed E-state index contributed by atoms with van der Waals surface area (Å²) in [5, 5.41) is 13.8. The second kappa shape index (κ2) is 9.48. The molecule has 0 spiro atoms.